The zero-order valence-electron chi connectivity index (χ0n) is 18.7. The number of anilines is 2. The van der Waals surface area contributed by atoms with Crippen molar-refractivity contribution in [2.24, 2.45) is 0 Å². The van der Waals surface area contributed by atoms with E-state index in [0.717, 1.165) is 0 Å². The van der Waals surface area contributed by atoms with Gasteiger partial charge in [-0.1, -0.05) is 36.4 Å². The Morgan fingerprint density at radius 2 is 1.58 bits per heavy atom. The van der Waals surface area contributed by atoms with Crippen molar-refractivity contribution in [1.29, 1.82) is 0 Å². The molecule has 184 valence electrons. The second-order valence-corrected chi connectivity index (χ2v) is 8.04. The molecular weight excluding hydrogens is 471 g/mol. The van der Waals surface area contributed by atoms with Crippen LogP contribution in [-0.4, -0.2) is 66.5 Å². The number of ether oxygens (including phenoxy) is 1. The van der Waals surface area contributed by atoms with E-state index < -0.39 is 43.0 Å². The largest absolute Gasteiger partial charge is 0.394 e. The van der Waals surface area contributed by atoms with Gasteiger partial charge in [-0.3, -0.25) is 19.5 Å². The third kappa shape index (κ3) is 4.40. The summed E-state index contributed by atoms with van der Waals surface area (Å²) in [6.07, 6.45) is -4.72. The molecule has 0 radical (unpaired) electrons. The summed E-state index contributed by atoms with van der Waals surface area (Å²) in [6.45, 7) is -0.587. The van der Waals surface area contributed by atoms with Crippen LogP contribution < -0.4 is 10.6 Å². The van der Waals surface area contributed by atoms with Gasteiger partial charge in [0.15, 0.2) is 29.4 Å². The van der Waals surface area contributed by atoms with Gasteiger partial charge in [0, 0.05) is 11.1 Å². The van der Waals surface area contributed by atoms with Crippen molar-refractivity contribution in [1.82, 2.24) is 19.5 Å². The highest BCUT2D eigenvalue weighted by Crippen LogP contribution is 2.34. The number of nitrogens with zero attached hydrogens (tertiary/aromatic N) is 4. The number of carbonyl (C=O) groups is 2. The second kappa shape index (κ2) is 9.77. The van der Waals surface area contributed by atoms with Gasteiger partial charge >= 0.3 is 0 Å². The monoisotopic (exact) mass is 492 g/mol. The molecule has 36 heavy (non-hydrogen) atoms. The molecule has 1 unspecified atom stereocenters. The number of hydrogen-bond donors (Lipinski definition) is 4. The number of aromatic nitrogens is 4. The van der Waals surface area contributed by atoms with Gasteiger partial charge in [-0.05, 0) is 24.3 Å². The van der Waals surface area contributed by atoms with Crippen LogP contribution in [0.2, 0.25) is 0 Å². The van der Waals surface area contributed by atoms with Gasteiger partial charge in [-0.25, -0.2) is 9.37 Å². The number of nitrogens with one attached hydrogen (secondary N) is 2. The molecular formula is C24H21FN6O5. The number of imidazole rings is 1. The number of aliphatic hydroxyl groups excluding tert-OH is 2. The van der Waals surface area contributed by atoms with E-state index in [4.69, 9.17) is 4.74 Å². The van der Waals surface area contributed by atoms with Gasteiger partial charge in [-0.15, -0.1) is 0 Å². The number of aliphatic hydroxyl groups is 2. The Hall–Kier alpha value is -4.26. The standard InChI is InChI=1S/C24H21FN6O5/c25-16-18(33)15(11-32)36-23(16)31-12-26-17-19(27-21(34)13-7-3-1-4-8-13)28-24(29-20(17)31)30-22(35)14-9-5-2-6-10-14/h1-10,12,15-16,18,23,32-33H,11H2,(H2,27,28,29,30,34,35)/t15-,16?,18-,23-/m1/s1. The maximum Gasteiger partial charge on any atom is 0.258 e. The average molecular weight is 492 g/mol. The maximum atomic E-state index is 14.9. The first-order valence-electron chi connectivity index (χ1n) is 11.0. The number of amides is 2. The van der Waals surface area contributed by atoms with Gasteiger partial charge in [0.2, 0.25) is 5.95 Å². The molecule has 4 aromatic rings. The fraction of sp³-hybridized carbons (Fsp3) is 0.208. The van der Waals surface area contributed by atoms with Crippen molar-refractivity contribution >= 4 is 34.7 Å². The molecule has 4 N–H and O–H groups in total. The van der Waals surface area contributed by atoms with Crippen LogP contribution in [0.25, 0.3) is 11.2 Å². The highest BCUT2D eigenvalue weighted by atomic mass is 19.1. The molecule has 1 aliphatic rings. The number of halogens is 1. The van der Waals surface area contributed by atoms with E-state index in [1.54, 1.807) is 60.7 Å². The molecule has 2 aromatic heterocycles. The number of hydrogen-bond acceptors (Lipinski definition) is 8. The van der Waals surface area contributed by atoms with E-state index in [2.05, 4.69) is 25.6 Å². The summed E-state index contributed by atoms with van der Waals surface area (Å²) in [4.78, 5) is 38.3. The molecule has 0 bridgehead atoms. The zero-order valence-corrected chi connectivity index (χ0v) is 18.7. The molecule has 1 saturated heterocycles. The van der Waals surface area contributed by atoms with Crippen LogP contribution in [0.1, 0.15) is 26.9 Å². The fourth-order valence-corrected chi connectivity index (χ4v) is 3.86. The molecule has 1 aliphatic heterocycles. The van der Waals surface area contributed by atoms with E-state index in [0.29, 0.717) is 11.1 Å². The second-order valence-electron chi connectivity index (χ2n) is 8.04. The number of alkyl halides is 1. The van der Waals surface area contributed by atoms with Crippen LogP contribution in [0.5, 0.6) is 0 Å². The van der Waals surface area contributed by atoms with Crippen molar-refractivity contribution < 1.29 is 28.9 Å². The Morgan fingerprint density at radius 3 is 2.17 bits per heavy atom. The van der Waals surface area contributed by atoms with Crippen LogP contribution in [0.4, 0.5) is 16.2 Å². The Morgan fingerprint density at radius 1 is 0.972 bits per heavy atom. The van der Waals surface area contributed by atoms with Crippen molar-refractivity contribution in [3.8, 4) is 0 Å². The number of benzene rings is 2. The first-order valence-corrected chi connectivity index (χ1v) is 11.0. The third-order valence-corrected chi connectivity index (χ3v) is 5.70. The molecule has 4 atom stereocenters. The minimum absolute atomic E-state index is 0.0244. The summed E-state index contributed by atoms with van der Waals surface area (Å²) in [5.41, 5.74) is 0.849. The lowest BCUT2D eigenvalue weighted by Crippen LogP contribution is -2.30. The molecule has 1 fully saturated rings. The minimum atomic E-state index is -1.89. The topological polar surface area (TPSA) is 151 Å². The summed E-state index contributed by atoms with van der Waals surface area (Å²) in [7, 11) is 0. The molecule has 5 rings (SSSR count). The van der Waals surface area contributed by atoms with Crippen LogP contribution in [0, 0.1) is 0 Å². The van der Waals surface area contributed by atoms with Gasteiger partial charge in [0.05, 0.1) is 12.9 Å². The molecule has 3 heterocycles. The lowest BCUT2D eigenvalue weighted by Gasteiger charge is -2.16. The zero-order chi connectivity index (χ0) is 25.2. The summed E-state index contributed by atoms with van der Waals surface area (Å²) in [5.74, 6) is -1.18. The Labute approximate surface area is 203 Å². The van der Waals surface area contributed by atoms with E-state index >= 15 is 0 Å². The minimum Gasteiger partial charge on any atom is -0.394 e. The number of carbonyl (C=O) groups excluding carboxylic acids is 2. The van der Waals surface area contributed by atoms with Crippen LogP contribution in [0.15, 0.2) is 67.0 Å². The number of rotatable bonds is 6. The average Bonchev–Trinajstić information content (AvgIpc) is 3.45. The van der Waals surface area contributed by atoms with Crippen LogP contribution in [0.3, 0.4) is 0 Å². The normalized spacial score (nSPS) is 21.4. The molecule has 2 amide bonds. The van der Waals surface area contributed by atoms with Crippen molar-refractivity contribution in [2.75, 3.05) is 17.2 Å². The highest BCUT2D eigenvalue weighted by Gasteiger charge is 2.45. The van der Waals surface area contributed by atoms with Crippen molar-refractivity contribution in [2.45, 2.75) is 24.6 Å². The molecule has 0 aliphatic carbocycles. The summed E-state index contributed by atoms with van der Waals surface area (Å²) in [6, 6.07) is 16.8. The Balaban J connectivity index is 1.55. The molecule has 12 heteroatoms. The molecule has 0 saturated carbocycles. The quantitative estimate of drug-likeness (QED) is 0.319. The van der Waals surface area contributed by atoms with Crippen molar-refractivity contribution in [3.63, 3.8) is 0 Å². The molecule has 0 spiro atoms. The van der Waals surface area contributed by atoms with Gasteiger partial charge in [-0.2, -0.15) is 9.97 Å². The maximum absolute atomic E-state index is 14.9. The summed E-state index contributed by atoms with van der Waals surface area (Å²) in [5, 5.41) is 24.7. The van der Waals surface area contributed by atoms with Crippen LogP contribution in [-0.2, 0) is 4.74 Å². The lowest BCUT2D eigenvalue weighted by atomic mass is 10.1. The first kappa shape index (κ1) is 23.5. The molecule has 2 aromatic carbocycles. The predicted octanol–water partition coefficient (Wildman–Crippen LogP) is 1.92. The smallest absolute Gasteiger partial charge is 0.258 e. The Kier molecular flexibility index (Phi) is 6.38. The SMILES string of the molecule is O=C(Nc1nc(NC(=O)c2ccccc2)c2ncn([C@@H]3O[C@H](CO)[C@@H](O)C3F)c2n1)c1ccccc1. The van der Waals surface area contributed by atoms with Gasteiger partial charge < -0.3 is 20.3 Å². The van der Waals surface area contributed by atoms with Crippen LogP contribution >= 0.6 is 0 Å². The van der Waals surface area contributed by atoms with E-state index in [-0.39, 0.29) is 22.9 Å². The molecule has 11 nitrogen and oxygen atoms in total. The van der Waals surface area contributed by atoms with E-state index in [1.165, 1.54) is 10.9 Å². The van der Waals surface area contributed by atoms with Gasteiger partial charge in [0.25, 0.3) is 11.8 Å². The lowest BCUT2D eigenvalue weighted by molar-refractivity contribution is -0.0459. The summed E-state index contributed by atoms with van der Waals surface area (Å²) < 4.78 is 21.6. The van der Waals surface area contributed by atoms with Gasteiger partial charge in [0.1, 0.15) is 12.2 Å². The van der Waals surface area contributed by atoms with Crippen molar-refractivity contribution in [3.05, 3.63) is 78.1 Å². The van der Waals surface area contributed by atoms with E-state index in [1.807, 2.05) is 0 Å². The summed E-state index contributed by atoms with van der Waals surface area (Å²) >= 11 is 0. The number of fused-ring (bicyclic) bond motifs is 1. The predicted molar refractivity (Wildman–Crippen MR) is 126 cm³/mol. The fourth-order valence-electron chi connectivity index (χ4n) is 3.86. The highest BCUT2D eigenvalue weighted by molar-refractivity contribution is 6.08. The first-order chi connectivity index (χ1) is 17.5. The van der Waals surface area contributed by atoms with E-state index in [9.17, 15) is 24.2 Å². The third-order valence-electron chi connectivity index (χ3n) is 5.70. The Bertz CT molecular complexity index is 1400.